The molecule has 0 aliphatic heterocycles. The van der Waals surface area contributed by atoms with Gasteiger partial charge in [0, 0.05) is 11.1 Å². The predicted molar refractivity (Wildman–Crippen MR) is 105 cm³/mol. The number of fused-ring (bicyclic) bond motifs is 2. The van der Waals surface area contributed by atoms with E-state index in [1.165, 1.54) is 22.8 Å². The summed E-state index contributed by atoms with van der Waals surface area (Å²) in [5.41, 5.74) is 6.86. The van der Waals surface area contributed by atoms with E-state index in [1.807, 2.05) is 0 Å². The molecule has 0 spiro atoms. The molecule has 0 saturated carbocycles. The lowest BCUT2D eigenvalue weighted by Gasteiger charge is -2.10. The molecule has 4 aromatic rings. The lowest BCUT2D eigenvalue weighted by atomic mass is 10.1. The predicted octanol–water partition coefficient (Wildman–Crippen LogP) is 1.55. The molecule has 29 heavy (non-hydrogen) atoms. The number of imidazole rings is 1. The maximum Gasteiger partial charge on any atom is 0.331 e. The van der Waals surface area contributed by atoms with Crippen LogP contribution in [0.15, 0.2) is 63.1 Å². The van der Waals surface area contributed by atoms with Crippen LogP contribution in [-0.4, -0.2) is 35.5 Å². The quantitative estimate of drug-likeness (QED) is 0.277. The highest BCUT2D eigenvalue weighted by Gasteiger charge is 2.21. The Morgan fingerprint density at radius 3 is 2.28 bits per heavy atom. The zero-order valence-corrected chi connectivity index (χ0v) is 16.0. The highest BCUT2D eigenvalue weighted by molar-refractivity contribution is 7.86. The molecule has 0 aliphatic carbocycles. The Morgan fingerprint density at radius 2 is 1.62 bits per heavy atom. The molecule has 0 saturated heterocycles. The minimum atomic E-state index is -4.84. The smallest absolute Gasteiger partial charge is 0.331 e. The van der Waals surface area contributed by atoms with Gasteiger partial charge in [-0.25, -0.2) is 4.79 Å². The van der Waals surface area contributed by atoms with E-state index in [0.717, 1.165) is 6.07 Å². The lowest BCUT2D eigenvalue weighted by Crippen LogP contribution is -2.14. The third-order valence-corrected chi connectivity index (χ3v) is 6.14. The normalized spacial score (nSPS) is 12.6. The van der Waals surface area contributed by atoms with E-state index in [0.29, 0.717) is 22.8 Å². The number of H-pyrrole nitrogens is 1. The molecule has 3 aromatic carbocycles. The SMILES string of the molecule is Nc1ccc2c(c1)[nH]c(=O)n2-c1ccc2cc(S(=O)(=O)O)cc(S(=O)(=O)O)c2c1. The Hall–Kier alpha value is -3.19. The molecule has 10 nitrogen and oxygen atoms in total. The van der Waals surface area contributed by atoms with E-state index in [4.69, 9.17) is 5.73 Å². The van der Waals surface area contributed by atoms with Gasteiger partial charge in [0.05, 0.1) is 21.6 Å². The highest BCUT2D eigenvalue weighted by Crippen LogP contribution is 2.30. The Morgan fingerprint density at radius 1 is 0.897 bits per heavy atom. The summed E-state index contributed by atoms with van der Waals surface area (Å²) >= 11 is 0. The van der Waals surface area contributed by atoms with E-state index >= 15 is 0 Å². The van der Waals surface area contributed by atoms with Crippen LogP contribution in [0, 0.1) is 0 Å². The van der Waals surface area contributed by atoms with Gasteiger partial charge >= 0.3 is 5.69 Å². The molecule has 4 rings (SSSR count). The molecule has 0 fully saturated rings. The van der Waals surface area contributed by atoms with Crippen LogP contribution in [0.2, 0.25) is 0 Å². The maximum atomic E-state index is 12.4. The fourth-order valence-corrected chi connectivity index (χ4v) is 4.52. The summed E-state index contributed by atoms with van der Waals surface area (Å²) in [7, 11) is -9.56. The number of nitrogen functional groups attached to an aromatic ring is 1. The summed E-state index contributed by atoms with van der Waals surface area (Å²) in [6.07, 6.45) is 0. The summed E-state index contributed by atoms with van der Waals surface area (Å²) < 4.78 is 66.7. The van der Waals surface area contributed by atoms with Crippen molar-refractivity contribution in [2.75, 3.05) is 5.73 Å². The standard InChI is InChI=1S/C17H13N3O7S2/c18-10-2-4-15-14(6-10)19-17(21)20(15)11-3-1-9-5-12(28(22,23)24)8-16(13(9)7-11)29(25,26)27/h1-8H,18H2,(H,19,21)(H,22,23,24)(H,25,26,27). The molecule has 150 valence electrons. The van der Waals surface area contributed by atoms with Gasteiger partial charge in [-0.05, 0) is 47.9 Å². The van der Waals surface area contributed by atoms with Gasteiger partial charge in [-0.2, -0.15) is 16.8 Å². The van der Waals surface area contributed by atoms with Gasteiger partial charge < -0.3 is 10.7 Å². The van der Waals surface area contributed by atoms with Crippen molar-refractivity contribution >= 4 is 47.7 Å². The van der Waals surface area contributed by atoms with Crippen molar-refractivity contribution in [3.8, 4) is 5.69 Å². The fourth-order valence-electron chi connectivity index (χ4n) is 3.17. The fraction of sp³-hybridized carbons (Fsp3) is 0. The van der Waals surface area contributed by atoms with Gasteiger partial charge in [-0.15, -0.1) is 0 Å². The van der Waals surface area contributed by atoms with E-state index in [9.17, 15) is 30.7 Å². The van der Waals surface area contributed by atoms with Crippen LogP contribution in [0.4, 0.5) is 5.69 Å². The summed E-state index contributed by atoms with van der Waals surface area (Å²) in [5.74, 6) is 0. The van der Waals surface area contributed by atoms with Crippen LogP contribution >= 0.6 is 0 Å². The average Bonchev–Trinajstić information content (AvgIpc) is 2.93. The average molecular weight is 435 g/mol. The number of aromatic nitrogens is 2. The Kier molecular flexibility index (Phi) is 4.06. The second-order valence-electron chi connectivity index (χ2n) is 6.32. The number of nitrogens with two attached hydrogens (primary N) is 1. The molecule has 0 bridgehead atoms. The lowest BCUT2D eigenvalue weighted by molar-refractivity contribution is 0.482. The molecule has 12 heteroatoms. The van der Waals surface area contributed by atoms with Crippen LogP contribution in [0.3, 0.4) is 0 Å². The Balaban J connectivity index is 2.08. The number of benzene rings is 3. The molecule has 0 unspecified atom stereocenters. The summed E-state index contributed by atoms with van der Waals surface area (Å²) in [6, 6.07) is 10.6. The topological polar surface area (TPSA) is 173 Å². The number of nitrogens with zero attached hydrogens (tertiary/aromatic N) is 1. The maximum absolute atomic E-state index is 12.4. The third-order valence-electron chi connectivity index (χ3n) is 4.41. The number of hydrogen-bond donors (Lipinski definition) is 4. The zero-order chi connectivity index (χ0) is 21.1. The van der Waals surface area contributed by atoms with Crippen molar-refractivity contribution in [3.63, 3.8) is 0 Å². The number of rotatable bonds is 3. The van der Waals surface area contributed by atoms with Crippen molar-refractivity contribution in [1.82, 2.24) is 9.55 Å². The monoisotopic (exact) mass is 435 g/mol. The van der Waals surface area contributed by atoms with Gasteiger partial charge in [0.25, 0.3) is 20.2 Å². The number of nitrogens with one attached hydrogen (secondary N) is 1. The van der Waals surface area contributed by atoms with Gasteiger partial charge in [0.1, 0.15) is 4.90 Å². The van der Waals surface area contributed by atoms with Crippen molar-refractivity contribution in [1.29, 1.82) is 0 Å². The van der Waals surface area contributed by atoms with Gasteiger partial charge in [-0.3, -0.25) is 13.7 Å². The van der Waals surface area contributed by atoms with Gasteiger partial charge in [-0.1, -0.05) is 6.07 Å². The van der Waals surface area contributed by atoms with E-state index in [1.54, 1.807) is 18.2 Å². The number of aromatic amines is 1. The molecule has 0 aliphatic rings. The first-order chi connectivity index (χ1) is 13.4. The van der Waals surface area contributed by atoms with Crippen LogP contribution in [0.25, 0.3) is 27.5 Å². The van der Waals surface area contributed by atoms with Gasteiger partial charge in [0.15, 0.2) is 0 Å². The zero-order valence-electron chi connectivity index (χ0n) is 14.4. The van der Waals surface area contributed by atoms with Crippen LogP contribution in [-0.2, 0) is 20.2 Å². The summed E-state index contributed by atoms with van der Waals surface area (Å²) in [5, 5.41) is 0.0859. The second-order valence-corrected chi connectivity index (χ2v) is 9.13. The minimum absolute atomic E-state index is 0.0332. The van der Waals surface area contributed by atoms with Crippen molar-refractivity contribution in [3.05, 3.63) is 59.0 Å². The Bertz CT molecular complexity index is 1580. The largest absolute Gasteiger partial charge is 0.399 e. The highest BCUT2D eigenvalue weighted by atomic mass is 32.2. The molecular formula is C17H13N3O7S2. The number of hydrogen-bond acceptors (Lipinski definition) is 6. The molecule has 0 atom stereocenters. The van der Waals surface area contributed by atoms with Crippen LogP contribution in [0.1, 0.15) is 0 Å². The minimum Gasteiger partial charge on any atom is -0.399 e. The first-order valence-electron chi connectivity index (χ1n) is 7.98. The van der Waals surface area contributed by atoms with Crippen molar-refractivity contribution in [2.24, 2.45) is 0 Å². The first-order valence-corrected chi connectivity index (χ1v) is 10.9. The Labute approximate surface area is 163 Å². The summed E-state index contributed by atoms with van der Waals surface area (Å²) in [6.45, 7) is 0. The van der Waals surface area contributed by atoms with Crippen LogP contribution < -0.4 is 11.4 Å². The molecule has 0 radical (unpaired) electrons. The van der Waals surface area contributed by atoms with E-state index in [2.05, 4.69) is 4.98 Å². The molecule has 5 N–H and O–H groups in total. The van der Waals surface area contributed by atoms with Crippen molar-refractivity contribution < 1.29 is 25.9 Å². The number of anilines is 1. The second kappa shape index (κ2) is 6.15. The molecule has 1 heterocycles. The van der Waals surface area contributed by atoms with E-state index < -0.39 is 35.7 Å². The third kappa shape index (κ3) is 3.27. The molecule has 1 aromatic heterocycles. The first kappa shape index (κ1) is 19.1. The van der Waals surface area contributed by atoms with Crippen molar-refractivity contribution in [2.45, 2.75) is 9.79 Å². The molecule has 0 amide bonds. The van der Waals surface area contributed by atoms with E-state index in [-0.39, 0.29) is 16.5 Å². The van der Waals surface area contributed by atoms with Gasteiger partial charge in [0.2, 0.25) is 0 Å². The van der Waals surface area contributed by atoms with Crippen LogP contribution in [0.5, 0.6) is 0 Å². The molecular weight excluding hydrogens is 422 g/mol. The summed E-state index contributed by atoms with van der Waals surface area (Å²) in [4.78, 5) is 13.7.